The van der Waals surface area contributed by atoms with Crippen molar-refractivity contribution >= 4 is 0 Å². The minimum Gasteiger partial charge on any atom is -0.493 e. The average molecular weight is 275 g/mol. The van der Waals surface area contributed by atoms with E-state index in [1.165, 1.54) is 0 Å². The standard InChI is InChI=1S/C17H25NO2/c1-13-7-8-16(15(11-13)14(2)19)20-10-6-5-9-17(3,4)12-18/h7-8,11,14,19H,5-6,9-10H2,1-4H3/t14-/m1/s1. The summed E-state index contributed by atoms with van der Waals surface area (Å²) in [5, 5.41) is 18.7. The zero-order valence-corrected chi connectivity index (χ0v) is 12.9. The topological polar surface area (TPSA) is 53.2 Å². The van der Waals surface area contributed by atoms with E-state index in [-0.39, 0.29) is 5.41 Å². The molecule has 3 nitrogen and oxygen atoms in total. The molecule has 1 rings (SSSR count). The van der Waals surface area contributed by atoms with Gasteiger partial charge in [-0.3, -0.25) is 0 Å². The number of ether oxygens (including phenoxy) is 1. The van der Waals surface area contributed by atoms with Gasteiger partial charge >= 0.3 is 0 Å². The monoisotopic (exact) mass is 275 g/mol. The Morgan fingerprint density at radius 2 is 2.05 bits per heavy atom. The third-order valence-corrected chi connectivity index (χ3v) is 3.37. The molecule has 0 bridgehead atoms. The van der Waals surface area contributed by atoms with Gasteiger partial charge in [0.15, 0.2) is 0 Å². The first-order chi connectivity index (χ1) is 9.35. The lowest BCUT2D eigenvalue weighted by atomic mass is 9.89. The zero-order chi connectivity index (χ0) is 15.2. The number of nitriles is 1. The molecule has 0 aliphatic carbocycles. The molecule has 1 N–H and O–H groups in total. The molecular weight excluding hydrogens is 250 g/mol. The minimum absolute atomic E-state index is 0.255. The molecule has 110 valence electrons. The number of aliphatic hydroxyl groups excluding tert-OH is 1. The highest BCUT2D eigenvalue weighted by Gasteiger charge is 2.15. The number of nitrogens with zero attached hydrogens (tertiary/aromatic N) is 1. The summed E-state index contributed by atoms with van der Waals surface area (Å²) in [5.41, 5.74) is 1.70. The second-order valence-corrected chi connectivity index (χ2v) is 6.02. The average Bonchev–Trinajstić information content (AvgIpc) is 2.39. The van der Waals surface area contributed by atoms with Crippen molar-refractivity contribution in [3.8, 4) is 11.8 Å². The smallest absolute Gasteiger partial charge is 0.125 e. The maximum absolute atomic E-state index is 9.75. The Morgan fingerprint density at radius 3 is 2.65 bits per heavy atom. The van der Waals surface area contributed by atoms with Gasteiger partial charge in [-0.05, 0) is 59.1 Å². The Morgan fingerprint density at radius 1 is 1.35 bits per heavy atom. The van der Waals surface area contributed by atoms with Crippen LogP contribution in [-0.4, -0.2) is 11.7 Å². The predicted octanol–water partition coefficient (Wildman–Crippen LogP) is 4.15. The van der Waals surface area contributed by atoms with Crippen LogP contribution in [0.3, 0.4) is 0 Å². The van der Waals surface area contributed by atoms with Crippen molar-refractivity contribution in [1.82, 2.24) is 0 Å². The number of aliphatic hydroxyl groups is 1. The van der Waals surface area contributed by atoms with Crippen LogP contribution in [0.5, 0.6) is 5.75 Å². The van der Waals surface area contributed by atoms with Crippen molar-refractivity contribution in [3.05, 3.63) is 29.3 Å². The predicted molar refractivity (Wildman–Crippen MR) is 80.6 cm³/mol. The summed E-state index contributed by atoms with van der Waals surface area (Å²) in [5.74, 6) is 0.755. The van der Waals surface area contributed by atoms with Gasteiger partial charge in [-0.25, -0.2) is 0 Å². The van der Waals surface area contributed by atoms with E-state index >= 15 is 0 Å². The number of aryl methyl sites for hydroxylation is 1. The van der Waals surface area contributed by atoms with Gasteiger partial charge in [0.25, 0.3) is 0 Å². The molecule has 1 atom stereocenters. The van der Waals surface area contributed by atoms with Crippen LogP contribution in [-0.2, 0) is 0 Å². The first-order valence-corrected chi connectivity index (χ1v) is 7.18. The molecule has 0 spiro atoms. The summed E-state index contributed by atoms with van der Waals surface area (Å²) in [4.78, 5) is 0. The Bertz CT molecular complexity index is 472. The van der Waals surface area contributed by atoms with Gasteiger partial charge in [-0.15, -0.1) is 0 Å². The fourth-order valence-corrected chi connectivity index (χ4v) is 2.03. The quantitative estimate of drug-likeness (QED) is 0.761. The van der Waals surface area contributed by atoms with Crippen LogP contribution in [0.15, 0.2) is 18.2 Å². The molecule has 0 amide bonds. The van der Waals surface area contributed by atoms with Crippen molar-refractivity contribution in [2.75, 3.05) is 6.61 Å². The van der Waals surface area contributed by atoms with Crippen molar-refractivity contribution in [2.24, 2.45) is 5.41 Å². The fourth-order valence-electron chi connectivity index (χ4n) is 2.03. The Kier molecular flexibility index (Phi) is 6.04. The van der Waals surface area contributed by atoms with Crippen LogP contribution >= 0.6 is 0 Å². The second kappa shape index (κ2) is 7.31. The van der Waals surface area contributed by atoms with E-state index < -0.39 is 6.10 Å². The summed E-state index contributed by atoms with van der Waals surface area (Å²) in [6.45, 7) is 8.28. The SMILES string of the molecule is Cc1ccc(OCCCCC(C)(C)C#N)c([C@@H](C)O)c1. The highest BCUT2D eigenvalue weighted by atomic mass is 16.5. The third kappa shape index (κ3) is 5.22. The van der Waals surface area contributed by atoms with Crippen LogP contribution < -0.4 is 4.74 Å². The summed E-state index contributed by atoms with van der Waals surface area (Å²) >= 11 is 0. The normalized spacial score (nSPS) is 12.8. The molecule has 3 heteroatoms. The van der Waals surface area contributed by atoms with Crippen LogP contribution in [0.1, 0.15) is 57.3 Å². The first kappa shape index (κ1) is 16.5. The maximum atomic E-state index is 9.75. The Labute approximate surface area is 122 Å². The van der Waals surface area contributed by atoms with Crippen LogP contribution in [0, 0.1) is 23.7 Å². The lowest BCUT2D eigenvalue weighted by Crippen LogP contribution is -2.09. The summed E-state index contributed by atoms with van der Waals surface area (Å²) < 4.78 is 5.76. The zero-order valence-electron chi connectivity index (χ0n) is 12.9. The molecule has 0 saturated carbocycles. The fraction of sp³-hybridized carbons (Fsp3) is 0.588. The van der Waals surface area contributed by atoms with Crippen molar-refractivity contribution in [3.63, 3.8) is 0 Å². The van der Waals surface area contributed by atoms with Gasteiger partial charge in [-0.2, -0.15) is 5.26 Å². The van der Waals surface area contributed by atoms with Crippen molar-refractivity contribution in [2.45, 2.75) is 53.1 Å². The number of unbranched alkanes of at least 4 members (excludes halogenated alkanes) is 1. The van der Waals surface area contributed by atoms with Gasteiger partial charge in [0.2, 0.25) is 0 Å². The van der Waals surface area contributed by atoms with E-state index in [1.54, 1.807) is 6.92 Å². The molecule has 0 unspecified atom stereocenters. The molecule has 1 aromatic carbocycles. The highest BCUT2D eigenvalue weighted by Crippen LogP contribution is 2.27. The van der Waals surface area contributed by atoms with Gasteiger partial charge < -0.3 is 9.84 Å². The third-order valence-electron chi connectivity index (χ3n) is 3.37. The molecule has 0 saturated heterocycles. The molecular formula is C17H25NO2. The Hall–Kier alpha value is -1.53. The molecule has 1 aromatic rings. The Balaban J connectivity index is 2.45. The molecule has 0 aliphatic rings. The summed E-state index contributed by atoms with van der Waals surface area (Å²) in [6, 6.07) is 8.16. The number of rotatable bonds is 7. The number of benzene rings is 1. The van der Waals surface area contributed by atoms with Gasteiger partial charge in [0.1, 0.15) is 5.75 Å². The first-order valence-electron chi connectivity index (χ1n) is 7.18. The summed E-state index contributed by atoms with van der Waals surface area (Å²) in [7, 11) is 0. The van der Waals surface area contributed by atoms with Gasteiger partial charge in [-0.1, -0.05) is 11.6 Å². The summed E-state index contributed by atoms with van der Waals surface area (Å²) in [6.07, 6.45) is 2.24. The maximum Gasteiger partial charge on any atom is 0.125 e. The number of hydrogen-bond donors (Lipinski definition) is 1. The van der Waals surface area contributed by atoms with E-state index in [0.717, 1.165) is 36.1 Å². The highest BCUT2D eigenvalue weighted by molar-refractivity contribution is 5.38. The second-order valence-electron chi connectivity index (χ2n) is 6.02. The van der Waals surface area contributed by atoms with Crippen molar-refractivity contribution in [1.29, 1.82) is 5.26 Å². The largest absolute Gasteiger partial charge is 0.493 e. The van der Waals surface area contributed by atoms with E-state index in [9.17, 15) is 5.11 Å². The van der Waals surface area contributed by atoms with E-state index in [2.05, 4.69) is 6.07 Å². The van der Waals surface area contributed by atoms with E-state index in [4.69, 9.17) is 10.00 Å². The lowest BCUT2D eigenvalue weighted by Gasteiger charge is -2.16. The number of hydrogen-bond acceptors (Lipinski definition) is 3. The molecule has 0 aliphatic heterocycles. The molecule has 0 aromatic heterocycles. The minimum atomic E-state index is -0.526. The van der Waals surface area contributed by atoms with Crippen LogP contribution in [0.25, 0.3) is 0 Å². The van der Waals surface area contributed by atoms with E-state index in [0.29, 0.717) is 6.61 Å². The van der Waals surface area contributed by atoms with Gasteiger partial charge in [0, 0.05) is 5.56 Å². The van der Waals surface area contributed by atoms with Gasteiger partial charge in [0.05, 0.1) is 24.2 Å². The molecule has 0 heterocycles. The van der Waals surface area contributed by atoms with Crippen molar-refractivity contribution < 1.29 is 9.84 Å². The van der Waals surface area contributed by atoms with Crippen LogP contribution in [0.2, 0.25) is 0 Å². The lowest BCUT2D eigenvalue weighted by molar-refractivity contribution is 0.190. The molecule has 20 heavy (non-hydrogen) atoms. The van der Waals surface area contributed by atoms with E-state index in [1.807, 2.05) is 39.0 Å². The molecule has 0 fully saturated rings. The molecule has 0 radical (unpaired) electrons. The van der Waals surface area contributed by atoms with Crippen LogP contribution in [0.4, 0.5) is 0 Å².